The number of fused-ring (bicyclic) bond motifs is 6. The number of benzene rings is 4. The highest BCUT2D eigenvalue weighted by Gasteiger charge is 2.37. The van der Waals surface area contributed by atoms with Crippen LogP contribution in [0.1, 0.15) is 28.1 Å². The maximum atomic E-state index is 14.1. The van der Waals surface area contributed by atoms with Crippen molar-refractivity contribution in [2.24, 2.45) is 0 Å². The zero-order chi connectivity index (χ0) is 34.8. The first-order valence-electron chi connectivity index (χ1n) is 14.1. The molecule has 0 radical (unpaired) electrons. The number of halogens is 6. The van der Waals surface area contributed by atoms with Gasteiger partial charge in [0.1, 0.15) is 5.82 Å². The summed E-state index contributed by atoms with van der Waals surface area (Å²) in [4.78, 5) is 16.4. The zero-order valence-corrected chi connectivity index (χ0v) is 24.4. The standard InChI is InChI=1S/C37H12F6N6/c1-46-29(15-44)31-23-11-17(19-5-9-26(38)25(13-19)37(41,42)43)3-7-21(23)33-35(31)49-34-22-8-4-18(20-6-10-27(39)28(40)14-20)12-24(22)32(36(34)48-33)30(16-45)47-2/h3-14H/b31-29+,32-30-. The third-order valence-corrected chi connectivity index (χ3v) is 8.22. The van der Waals surface area contributed by atoms with Crippen molar-refractivity contribution in [2.45, 2.75) is 6.18 Å². The highest BCUT2D eigenvalue weighted by atomic mass is 19.4. The smallest absolute Gasteiger partial charge is 0.245 e. The molecule has 0 spiro atoms. The van der Waals surface area contributed by atoms with Gasteiger partial charge in [-0.25, -0.2) is 43.4 Å². The molecular weight excluding hydrogens is 642 g/mol. The van der Waals surface area contributed by atoms with Crippen LogP contribution in [0.2, 0.25) is 0 Å². The van der Waals surface area contributed by atoms with Gasteiger partial charge >= 0.3 is 6.18 Å². The molecule has 0 amide bonds. The Kier molecular flexibility index (Phi) is 6.91. The Morgan fingerprint density at radius 2 is 0.980 bits per heavy atom. The maximum Gasteiger partial charge on any atom is 0.419 e. The van der Waals surface area contributed by atoms with Crippen LogP contribution in [0.4, 0.5) is 26.3 Å². The summed E-state index contributed by atoms with van der Waals surface area (Å²) in [5.41, 5.74) is 1.23. The molecule has 232 valence electrons. The van der Waals surface area contributed by atoms with E-state index in [0.717, 1.165) is 12.1 Å². The highest BCUT2D eigenvalue weighted by Crippen LogP contribution is 2.51. The van der Waals surface area contributed by atoms with Gasteiger partial charge in [-0.1, -0.05) is 36.4 Å². The van der Waals surface area contributed by atoms with Crippen molar-refractivity contribution in [3.63, 3.8) is 0 Å². The van der Waals surface area contributed by atoms with E-state index in [0.29, 0.717) is 39.9 Å². The average Bonchev–Trinajstić information content (AvgIpc) is 3.57. The third kappa shape index (κ3) is 4.71. The number of aromatic nitrogens is 2. The van der Waals surface area contributed by atoms with Gasteiger partial charge in [0.25, 0.3) is 11.4 Å². The molecule has 1 heterocycles. The quantitative estimate of drug-likeness (QED) is 0.106. The lowest BCUT2D eigenvalue weighted by atomic mass is 9.96. The second-order valence-electron chi connectivity index (χ2n) is 10.9. The van der Waals surface area contributed by atoms with Gasteiger partial charge in [0, 0.05) is 22.3 Å². The van der Waals surface area contributed by atoms with Crippen molar-refractivity contribution < 1.29 is 26.3 Å². The summed E-state index contributed by atoms with van der Waals surface area (Å²) < 4.78 is 82.3. The Morgan fingerprint density at radius 1 is 0.551 bits per heavy atom. The Morgan fingerprint density at radius 3 is 1.41 bits per heavy atom. The van der Waals surface area contributed by atoms with Crippen LogP contribution in [0.5, 0.6) is 0 Å². The molecule has 2 aliphatic rings. The second-order valence-corrected chi connectivity index (χ2v) is 10.9. The lowest BCUT2D eigenvalue weighted by Gasteiger charge is -2.11. The minimum atomic E-state index is -4.95. The largest absolute Gasteiger partial charge is 0.419 e. The van der Waals surface area contributed by atoms with Crippen LogP contribution in [0.3, 0.4) is 0 Å². The minimum Gasteiger partial charge on any atom is -0.245 e. The van der Waals surface area contributed by atoms with Crippen molar-refractivity contribution in [1.29, 1.82) is 10.5 Å². The van der Waals surface area contributed by atoms with Gasteiger partial charge in [-0.05, 0) is 69.8 Å². The van der Waals surface area contributed by atoms with E-state index < -0.39 is 29.2 Å². The molecule has 0 N–H and O–H groups in total. The van der Waals surface area contributed by atoms with Crippen molar-refractivity contribution >= 4 is 11.1 Å². The molecule has 0 fully saturated rings. The van der Waals surface area contributed by atoms with Crippen LogP contribution in [-0.4, -0.2) is 9.97 Å². The maximum absolute atomic E-state index is 14.1. The molecule has 5 aromatic rings. The molecular formula is C37H12F6N6. The number of alkyl halides is 3. The van der Waals surface area contributed by atoms with Crippen LogP contribution in [0.15, 0.2) is 84.2 Å². The summed E-state index contributed by atoms with van der Waals surface area (Å²) >= 11 is 0. The molecule has 0 saturated carbocycles. The van der Waals surface area contributed by atoms with Gasteiger partial charge < -0.3 is 0 Å². The van der Waals surface area contributed by atoms with Crippen molar-refractivity contribution in [2.75, 3.05) is 0 Å². The first-order chi connectivity index (χ1) is 23.5. The van der Waals surface area contributed by atoms with E-state index in [-0.39, 0.29) is 62.0 Å². The highest BCUT2D eigenvalue weighted by molar-refractivity contribution is 6.07. The van der Waals surface area contributed by atoms with Gasteiger partial charge in [-0.2, -0.15) is 13.2 Å². The molecule has 2 aliphatic carbocycles. The van der Waals surface area contributed by atoms with E-state index in [1.807, 2.05) is 12.1 Å². The van der Waals surface area contributed by atoms with E-state index in [1.54, 1.807) is 18.2 Å². The fraction of sp³-hybridized carbons (Fsp3) is 0.0270. The number of hydrogen-bond acceptors (Lipinski definition) is 4. The predicted molar refractivity (Wildman–Crippen MR) is 165 cm³/mol. The molecule has 12 heteroatoms. The van der Waals surface area contributed by atoms with Crippen LogP contribution < -0.4 is 0 Å². The van der Waals surface area contributed by atoms with Crippen molar-refractivity contribution in [1.82, 2.24) is 9.97 Å². The molecule has 6 nitrogen and oxygen atoms in total. The van der Waals surface area contributed by atoms with Gasteiger partial charge in [0.2, 0.25) is 0 Å². The first-order valence-corrected chi connectivity index (χ1v) is 14.1. The topological polar surface area (TPSA) is 82.1 Å². The molecule has 0 aliphatic heterocycles. The average molecular weight is 655 g/mol. The summed E-state index contributed by atoms with van der Waals surface area (Å²) in [7, 11) is 0. The Balaban J connectivity index is 1.46. The molecule has 0 bridgehead atoms. The SMILES string of the molecule is [C-]#[N+]/C(C#N)=C1/c2cc(-c3ccc(F)c(F)c3)ccc2-c2nc3c(nc21)-c1ccc(-c2ccc(F)c(C(F)(F)F)c2)cc1/C3=C(/C#N)[N+]#[C-]. The van der Waals surface area contributed by atoms with Crippen LogP contribution >= 0.6 is 0 Å². The lowest BCUT2D eigenvalue weighted by Crippen LogP contribution is -2.08. The summed E-state index contributed by atoms with van der Waals surface area (Å²) in [5, 5.41) is 19.8. The van der Waals surface area contributed by atoms with E-state index in [4.69, 9.17) is 23.1 Å². The summed E-state index contributed by atoms with van der Waals surface area (Å²) in [6.45, 7) is 15.4. The molecule has 7 rings (SSSR count). The Bertz CT molecular complexity index is 2540. The number of rotatable bonds is 2. The van der Waals surface area contributed by atoms with Crippen molar-refractivity contribution in [3.8, 4) is 56.9 Å². The minimum absolute atomic E-state index is 0.0308. The molecule has 49 heavy (non-hydrogen) atoms. The van der Waals surface area contributed by atoms with Crippen molar-refractivity contribution in [3.05, 3.63) is 153 Å². The fourth-order valence-electron chi connectivity index (χ4n) is 6.04. The number of nitrogens with zero attached hydrogens (tertiary/aromatic N) is 6. The van der Waals surface area contributed by atoms with Gasteiger partial charge in [0.05, 0.1) is 53.6 Å². The van der Waals surface area contributed by atoms with Gasteiger partial charge in [-0.3, -0.25) is 0 Å². The van der Waals surface area contributed by atoms with Gasteiger partial charge in [-0.15, -0.1) is 0 Å². The molecule has 4 aromatic carbocycles. The summed E-state index contributed by atoms with van der Waals surface area (Å²) in [6.07, 6.45) is -4.95. The van der Waals surface area contributed by atoms with E-state index >= 15 is 0 Å². The monoisotopic (exact) mass is 654 g/mol. The Labute approximate surface area is 273 Å². The second kappa shape index (κ2) is 11.1. The number of hydrogen-bond donors (Lipinski definition) is 0. The number of nitriles is 2. The normalized spacial score (nSPS) is 14.3. The van der Waals surface area contributed by atoms with E-state index in [9.17, 15) is 36.9 Å². The fourth-order valence-corrected chi connectivity index (χ4v) is 6.04. The third-order valence-electron chi connectivity index (χ3n) is 8.22. The van der Waals surface area contributed by atoms with Crippen LogP contribution in [0.25, 0.3) is 65.6 Å². The van der Waals surface area contributed by atoms with Gasteiger partial charge in [0.15, 0.2) is 11.6 Å². The summed E-state index contributed by atoms with van der Waals surface area (Å²) in [5.74, 6) is -3.53. The van der Waals surface area contributed by atoms with E-state index in [2.05, 4.69) is 9.69 Å². The van der Waals surface area contributed by atoms with Crippen LogP contribution in [-0.2, 0) is 6.18 Å². The zero-order valence-electron chi connectivity index (χ0n) is 24.4. The molecule has 0 unspecified atom stereocenters. The van der Waals surface area contributed by atoms with Crippen LogP contribution in [0, 0.1) is 53.3 Å². The molecule has 0 saturated heterocycles. The molecule has 0 atom stereocenters. The first kappa shape index (κ1) is 30.6. The lowest BCUT2D eigenvalue weighted by molar-refractivity contribution is -0.139. The van der Waals surface area contributed by atoms with E-state index in [1.165, 1.54) is 30.3 Å². The summed E-state index contributed by atoms with van der Waals surface area (Å²) in [6, 6.07) is 19.0. The Hall–Kier alpha value is -7.02. The number of allylic oxidation sites excluding steroid dienone is 2. The predicted octanol–water partition coefficient (Wildman–Crippen LogP) is 9.61. The molecule has 1 aromatic heterocycles.